The summed E-state index contributed by atoms with van der Waals surface area (Å²) in [6.45, 7) is 2.47. The molecule has 2 rings (SSSR count). The molecule has 0 radical (unpaired) electrons. The van der Waals surface area contributed by atoms with Crippen LogP contribution in [-0.2, 0) is 0 Å². The average Bonchev–Trinajstić information content (AvgIpc) is 2.47. The van der Waals surface area contributed by atoms with E-state index in [2.05, 4.69) is 12.2 Å². The van der Waals surface area contributed by atoms with Crippen LogP contribution < -0.4 is 5.32 Å². The molecule has 20 heavy (non-hydrogen) atoms. The topological polar surface area (TPSA) is 49.3 Å². The molecule has 3 nitrogen and oxygen atoms in total. The van der Waals surface area contributed by atoms with Crippen LogP contribution in [0, 0.1) is 0 Å². The lowest BCUT2D eigenvalue weighted by molar-refractivity contribution is 0.00526. The van der Waals surface area contributed by atoms with Crippen molar-refractivity contribution in [3.8, 4) is 0 Å². The number of carbonyl (C=O) groups excluding carboxylic acids is 1. The third-order valence-electron chi connectivity index (χ3n) is 3.79. The number of benzene rings is 1. The summed E-state index contributed by atoms with van der Waals surface area (Å²) in [6, 6.07) is 7.63. The Hall–Kier alpha value is -1.00. The molecule has 1 aromatic rings. The molecule has 2 N–H and O–H groups in total. The molecule has 0 spiro atoms. The Balaban J connectivity index is 1.87. The van der Waals surface area contributed by atoms with Crippen LogP contribution >= 0.6 is 11.8 Å². The second-order valence-corrected chi connectivity index (χ2v) is 6.76. The molecule has 1 saturated carbocycles. The van der Waals surface area contributed by atoms with Gasteiger partial charge in [0, 0.05) is 17.0 Å². The van der Waals surface area contributed by atoms with E-state index in [9.17, 15) is 9.90 Å². The van der Waals surface area contributed by atoms with E-state index in [1.807, 2.05) is 24.3 Å². The molecule has 1 aromatic carbocycles. The largest absolute Gasteiger partial charge is 0.388 e. The van der Waals surface area contributed by atoms with Crippen molar-refractivity contribution in [2.24, 2.45) is 0 Å². The summed E-state index contributed by atoms with van der Waals surface area (Å²) in [6.07, 6.45) is 4.87. The monoisotopic (exact) mass is 293 g/mol. The predicted molar refractivity (Wildman–Crippen MR) is 83.2 cm³/mol. The summed E-state index contributed by atoms with van der Waals surface area (Å²) in [4.78, 5) is 13.2. The molecule has 0 heterocycles. The Morgan fingerprint density at radius 1 is 1.25 bits per heavy atom. The van der Waals surface area contributed by atoms with Crippen LogP contribution in [0.15, 0.2) is 29.2 Å². The van der Waals surface area contributed by atoms with E-state index in [4.69, 9.17) is 0 Å². The smallest absolute Gasteiger partial charge is 0.251 e. The van der Waals surface area contributed by atoms with E-state index in [1.54, 1.807) is 11.8 Å². The number of hydrogen-bond acceptors (Lipinski definition) is 3. The van der Waals surface area contributed by atoms with Gasteiger partial charge in [0.15, 0.2) is 0 Å². The number of hydrogen-bond donors (Lipinski definition) is 2. The van der Waals surface area contributed by atoms with E-state index in [0.29, 0.717) is 12.1 Å². The van der Waals surface area contributed by atoms with Gasteiger partial charge in [-0.1, -0.05) is 26.2 Å². The minimum atomic E-state index is -0.702. The highest BCUT2D eigenvalue weighted by Gasteiger charge is 2.29. The maximum Gasteiger partial charge on any atom is 0.251 e. The molecule has 110 valence electrons. The van der Waals surface area contributed by atoms with Crippen molar-refractivity contribution in [3.63, 3.8) is 0 Å². The zero-order valence-electron chi connectivity index (χ0n) is 12.0. The van der Waals surface area contributed by atoms with Crippen LogP contribution in [0.1, 0.15) is 49.4 Å². The van der Waals surface area contributed by atoms with Gasteiger partial charge < -0.3 is 10.4 Å². The number of rotatable bonds is 5. The third-order valence-corrected chi connectivity index (χ3v) is 4.68. The maximum absolute atomic E-state index is 12.1. The first-order chi connectivity index (χ1) is 9.63. The van der Waals surface area contributed by atoms with Crippen molar-refractivity contribution in [3.05, 3.63) is 29.8 Å². The first-order valence-corrected chi connectivity index (χ1v) is 8.35. The molecular weight excluding hydrogens is 270 g/mol. The normalized spacial score (nSPS) is 17.7. The number of aliphatic hydroxyl groups is 1. The molecule has 1 fully saturated rings. The highest BCUT2D eigenvalue weighted by Crippen LogP contribution is 2.27. The summed E-state index contributed by atoms with van der Waals surface area (Å²) < 4.78 is 0. The molecule has 1 aliphatic rings. The van der Waals surface area contributed by atoms with Crippen LogP contribution in [0.5, 0.6) is 0 Å². The first kappa shape index (κ1) is 15.4. The Kier molecular flexibility index (Phi) is 5.49. The predicted octanol–water partition coefficient (Wildman–Crippen LogP) is 3.22. The first-order valence-electron chi connectivity index (χ1n) is 7.36. The lowest BCUT2D eigenvalue weighted by Crippen LogP contribution is -2.44. The Bertz CT molecular complexity index is 438. The molecular formula is C16H23NO2S. The average molecular weight is 293 g/mol. The van der Waals surface area contributed by atoms with E-state index in [0.717, 1.165) is 31.4 Å². The van der Waals surface area contributed by atoms with Gasteiger partial charge in [0.25, 0.3) is 5.91 Å². The molecule has 1 amide bonds. The molecule has 0 unspecified atom stereocenters. The molecule has 0 bridgehead atoms. The Labute approximate surface area is 125 Å². The van der Waals surface area contributed by atoms with Gasteiger partial charge in [-0.15, -0.1) is 11.8 Å². The second kappa shape index (κ2) is 7.14. The van der Waals surface area contributed by atoms with Crippen LogP contribution in [0.3, 0.4) is 0 Å². The number of nitrogens with one attached hydrogen (secondary N) is 1. The summed E-state index contributed by atoms with van der Waals surface area (Å²) in [5, 5.41) is 13.2. The van der Waals surface area contributed by atoms with Gasteiger partial charge in [-0.3, -0.25) is 4.79 Å². The van der Waals surface area contributed by atoms with Crippen molar-refractivity contribution in [2.45, 2.75) is 49.5 Å². The zero-order chi connectivity index (χ0) is 14.4. The van der Waals surface area contributed by atoms with Crippen molar-refractivity contribution in [2.75, 3.05) is 12.3 Å². The van der Waals surface area contributed by atoms with E-state index in [-0.39, 0.29) is 5.91 Å². The van der Waals surface area contributed by atoms with Gasteiger partial charge in [0.05, 0.1) is 5.60 Å². The van der Waals surface area contributed by atoms with Crippen molar-refractivity contribution < 1.29 is 9.90 Å². The minimum absolute atomic E-state index is 0.1000. The van der Waals surface area contributed by atoms with Gasteiger partial charge in [-0.2, -0.15) is 0 Å². The van der Waals surface area contributed by atoms with Crippen LogP contribution in [0.25, 0.3) is 0 Å². The van der Waals surface area contributed by atoms with Crippen molar-refractivity contribution >= 4 is 17.7 Å². The standard InChI is InChI=1S/C16H23NO2S/c1-2-20-14-8-6-13(7-9-14)15(18)17-12-16(19)10-4-3-5-11-16/h6-9,19H,2-5,10-12H2,1H3,(H,17,18). The summed E-state index contributed by atoms with van der Waals surface area (Å²) in [7, 11) is 0. The minimum Gasteiger partial charge on any atom is -0.388 e. The SMILES string of the molecule is CCSc1ccc(C(=O)NCC2(O)CCCCC2)cc1. The highest BCUT2D eigenvalue weighted by atomic mass is 32.2. The molecule has 0 saturated heterocycles. The van der Waals surface area contributed by atoms with Crippen LogP contribution in [0.4, 0.5) is 0 Å². The Morgan fingerprint density at radius 2 is 1.90 bits per heavy atom. The number of amides is 1. The fourth-order valence-electron chi connectivity index (χ4n) is 2.60. The van der Waals surface area contributed by atoms with Gasteiger partial charge in [0.1, 0.15) is 0 Å². The van der Waals surface area contributed by atoms with Gasteiger partial charge in [-0.05, 0) is 42.9 Å². The lowest BCUT2D eigenvalue weighted by atomic mass is 9.85. The molecule has 1 aliphatic carbocycles. The highest BCUT2D eigenvalue weighted by molar-refractivity contribution is 7.99. The van der Waals surface area contributed by atoms with Crippen molar-refractivity contribution in [1.29, 1.82) is 0 Å². The van der Waals surface area contributed by atoms with E-state index < -0.39 is 5.60 Å². The molecule has 0 aromatic heterocycles. The quantitative estimate of drug-likeness (QED) is 0.820. The van der Waals surface area contributed by atoms with Gasteiger partial charge >= 0.3 is 0 Å². The number of carbonyl (C=O) groups is 1. The lowest BCUT2D eigenvalue weighted by Gasteiger charge is -2.32. The molecule has 0 atom stereocenters. The summed E-state index contributed by atoms with van der Waals surface area (Å²) in [5.41, 5.74) is -0.0452. The van der Waals surface area contributed by atoms with Crippen molar-refractivity contribution in [1.82, 2.24) is 5.32 Å². The fraction of sp³-hybridized carbons (Fsp3) is 0.562. The van der Waals surface area contributed by atoms with Crippen LogP contribution in [-0.4, -0.2) is 28.9 Å². The maximum atomic E-state index is 12.1. The zero-order valence-corrected chi connectivity index (χ0v) is 12.8. The number of thioether (sulfide) groups is 1. The van der Waals surface area contributed by atoms with Crippen LogP contribution in [0.2, 0.25) is 0 Å². The molecule has 0 aliphatic heterocycles. The van der Waals surface area contributed by atoms with Gasteiger partial charge in [-0.25, -0.2) is 0 Å². The fourth-order valence-corrected chi connectivity index (χ4v) is 3.26. The van der Waals surface area contributed by atoms with Gasteiger partial charge in [0.2, 0.25) is 0 Å². The van der Waals surface area contributed by atoms with E-state index in [1.165, 1.54) is 11.3 Å². The summed E-state index contributed by atoms with van der Waals surface area (Å²) >= 11 is 1.76. The third kappa shape index (κ3) is 4.25. The van der Waals surface area contributed by atoms with E-state index >= 15 is 0 Å². The Morgan fingerprint density at radius 3 is 2.50 bits per heavy atom. The molecule has 4 heteroatoms. The summed E-state index contributed by atoms with van der Waals surface area (Å²) in [5.74, 6) is 0.926. The second-order valence-electron chi connectivity index (χ2n) is 5.43.